The average molecular weight is 244 g/mol. The molecule has 0 aliphatic carbocycles. The fourth-order valence-electron chi connectivity index (χ4n) is 1.71. The number of carboxylic acids is 1. The molecule has 3 unspecified atom stereocenters. The van der Waals surface area contributed by atoms with E-state index < -0.39 is 17.9 Å². The first-order valence-electron chi connectivity index (χ1n) is 5.84. The maximum Gasteiger partial charge on any atom is 0.311 e. The van der Waals surface area contributed by atoms with E-state index in [-0.39, 0.29) is 19.1 Å². The molecule has 0 aromatic heterocycles. The molecule has 0 saturated carbocycles. The van der Waals surface area contributed by atoms with E-state index in [4.69, 9.17) is 15.6 Å². The first-order valence-corrected chi connectivity index (χ1v) is 5.84. The molecule has 1 rings (SSSR count). The first kappa shape index (κ1) is 13.9. The molecule has 1 saturated heterocycles. The number of aliphatic carboxylic acids is 1. The van der Waals surface area contributed by atoms with Crippen molar-refractivity contribution < 1.29 is 19.4 Å². The summed E-state index contributed by atoms with van der Waals surface area (Å²) in [6, 6.07) is -0.409. The highest BCUT2D eigenvalue weighted by atomic mass is 16.5. The van der Waals surface area contributed by atoms with Gasteiger partial charge >= 0.3 is 5.97 Å². The Hall–Kier alpha value is -1.14. The minimum absolute atomic E-state index is 0.132. The lowest BCUT2D eigenvalue weighted by Gasteiger charge is -2.16. The molecule has 1 fully saturated rings. The van der Waals surface area contributed by atoms with Crippen LogP contribution in [-0.4, -0.2) is 42.8 Å². The van der Waals surface area contributed by atoms with Gasteiger partial charge in [0.05, 0.1) is 19.3 Å². The topological polar surface area (TPSA) is 102 Å². The van der Waals surface area contributed by atoms with Gasteiger partial charge in [0, 0.05) is 6.42 Å². The Bertz CT molecular complexity index is 283. The minimum Gasteiger partial charge on any atom is -0.481 e. The van der Waals surface area contributed by atoms with Crippen LogP contribution in [0, 0.1) is 11.8 Å². The molecule has 1 aliphatic heterocycles. The normalized spacial score (nSPS) is 25.5. The van der Waals surface area contributed by atoms with Crippen molar-refractivity contribution in [2.75, 3.05) is 19.8 Å². The van der Waals surface area contributed by atoms with E-state index in [0.29, 0.717) is 25.3 Å². The van der Waals surface area contributed by atoms with E-state index in [1.807, 2.05) is 6.92 Å². The summed E-state index contributed by atoms with van der Waals surface area (Å²) in [4.78, 5) is 22.4. The number of carboxylic acid groups (broad SMARTS) is 1. The summed E-state index contributed by atoms with van der Waals surface area (Å²) in [5, 5.41) is 11.6. The molecule has 0 spiro atoms. The lowest BCUT2D eigenvalue weighted by Crippen LogP contribution is -2.42. The molecule has 6 heteroatoms. The van der Waals surface area contributed by atoms with Crippen LogP contribution in [0.3, 0.4) is 0 Å². The summed E-state index contributed by atoms with van der Waals surface area (Å²) >= 11 is 0. The van der Waals surface area contributed by atoms with Gasteiger partial charge in [0.1, 0.15) is 5.92 Å². The third-order valence-corrected chi connectivity index (χ3v) is 3.01. The highest BCUT2D eigenvalue weighted by Gasteiger charge is 2.34. The Morgan fingerprint density at radius 2 is 2.24 bits per heavy atom. The lowest BCUT2D eigenvalue weighted by molar-refractivity contribution is -0.142. The van der Waals surface area contributed by atoms with Crippen LogP contribution in [0.4, 0.5) is 0 Å². The summed E-state index contributed by atoms with van der Waals surface area (Å²) in [7, 11) is 0. The van der Waals surface area contributed by atoms with Crippen LogP contribution in [0.25, 0.3) is 0 Å². The van der Waals surface area contributed by atoms with Gasteiger partial charge in [0.15, 0.2) is 0 Å². The second-order valence-corrected chi connectivity index (χ2v) is 4.54. The zero-order valence-corrected chi connectivity index (χ0v) is 10.0. The number of ether oxygens (including phenoxy) is 1. The standard InChI is InChI=1S/C11H20N2O4/c1-7(4-12)2-3-10(14)13-9-6-17-5-8(9)11(15)16/h7-9H,2-6,12H2,1H3,(H,13,14)(H,15,16). The predicted octanol–water partition coefficient (Wildman–Crippen LogP) is -0.423. The Labute approximate surface area is 101 Å². The summed E-state index contributed by atoms with van der Waals surface area (Å²) in [6.07, 6.45) is 1.09. The van der Waals surface area contributed by atoms with E-state index in [1.54, 1.807) is 0 Å². The van der Waals surface area contributed by atoms with Gasteiger partial charge in [-0.1, -0.05) is 6.92 Å². The van der Waals surface area contributed by atoms with Gasteiger partial charge in [-0.15, -0.1) is 0 Å². The van der Waals surface area contributed by atoms with Gasteiger partial charge in [-0.3, -0.25) is 9.59 Å². The minimum atomic E-state index is -0.928. The van der Waals surface area contributed by atoms with Gasteiger partial charge in [-0.05, 0) is 18.9 Å². The maximum atomic E-state index is 11.6. The van der Waals surface area contributed by atoms with Crippen LogP contribution in [-0.2, 0) is 14.3 Å². The monoisotopic (exact) mass is 244 g/mol. The summed E-state index contributed by atoms with van der Waals surface area (Å²) in [5.41, 5.74) is 5.45. The SMILES string of the molecule is CC(CN)CCC(=O)NC1COCC1C(=O)O. The fraction of sp³-hybridized carbons (Fsp3) is 0.818. The maximum absolute atomic E-state index is 11.6. The number of carbonyl (C=O) groups excluding carboxylic acids is 1. The number of carbonyl (C=O) groups is 2. The van der Waals surface area contributed by atoms with Crippen molar-refractivity contribution in [3.63, 3.8) is 0 Å². The number of nitrogens with one attached hydrogen (secondary N) is 1. The molecule has 0 radical (unpaired) electrons. The van der Waals surface area contributed by atoms with Crippen molar-refractivity contribution in [1.82, 2.24) is 5.32 Å². The Kier molecular flexibility index (Phi) is 5.37. The molecule has 1 heterocycles. The molecule has 0 aromatic carbocycles. The third kappa shape index (κ3) is 4.32. The second kappa shape index (κ2) is 6.56. The molecule has 1 aliphatic rings. The number of hydrogen-bond acceptors (Lipinski definition) is 4. The van der Waals surface area contributed by atoms with Gasteiger partial charge in [0.2, 0.25) is 5.91 Å². The van der Waals surface area contributed by atoms with Crippen LogP contribution >= 0.6 is 0 Å². The van der Waals surface area contributed by atoms with Crippen LogP contribution in [0.15, 0.2) is 0 Å². The van der Waals surface area contributed by atoms with Gasteiger partial charge in [0.25, 0.3) is 0 Å². The molecular weight excluding hydrogens is 224 g/mol. The Balaban J connectivity index is 2.33. The average Bonchev–Trinajstić information content (AvgIpc) is 2.74. The van der Waals surface area contributed by atoms with Crippen molar-refractivity contribution in [1.29, 1.82) is 0 Å². The predicted molar refractivity (Wildman–Crippen MR) is 61.3 cm³/mol. The van der Waals surface area contributed by atoms with Crippen LogP contribution in [0.5, 0.6) is 0 Å². The lowest BCUT2D eigenvalue weighted by atomic mass is 10.0. The van der Waals surface area contributed by atoms with E-state index >= 15 is 0 Å². The second-order valence-electron chi connectivity index (χ2n) is 4.54. The molecule has 98 valence electrons. The quantitative estimate of drug-likeness (QED) is 0.589. The largest absolute Gasteiger partial charge is 0.481 e. The van der Waals surface area contributed by atoms with Gasteiger partial charge in [-0.2, -0.15) is 0 Å². The summed E-state index contributed by atoms with van der Waals surface area (Å²) in [5.74, 6) is -1.39. The van der Waals surface area contributed by atoms with E-state index in [9.17, 15) is 9.59 Å². The van der Waals surface area contributed by atoms with Crippen molar-refractivity contribution in [2.24, 2.45) is 17.6 Å². The fourth-order valence-corrected chi connectivity index (χ4v) is 1.71. The van der Waals surface area contributed by atoms with Crippen molar-refractivity contribution in [2.45, 2.75) is 25.8 Å². The van der Waals surface area contributed by atoms with Gasteiger partial charge < -0.3 is 20.9 Å². The highest BCUT2D eigenvalue weighted by Crippen LogP contribution is 2.14. The van der Waals surface area contributed by atoms with E-state index in [1.165, 1.54) is 0 Å². The molecular formula is C11H20N2O4. The summed E-state index contributed by atoms with van der Waals surface area (Å²) in [6.45, 7) is 2.97. The van der Waals surface area contributed by atoms with E-state index in [2.05, 4.69) is 5.32 Å². The highest BCUT2D eigenvalue weighted by molar-refractivity contribution is 5.78. The Morgan fingerprint density at radius 3 is 2.82 bits per heavy atom. The van der Waals surface area contributed by atoms with Crippen molar-refractivity contribution >= 4 is 11.9 Å². The van der Waals surface area contributed by atoms with Crippen LogP contribution in [0.2, 0.25) is 0 Å². The first-order chi connectivity index (χ1) is 8.04. The molecule has 1 amide bonds. The molecule has 4 N–H and O–H groups in total. The smallest absolute Gasteiger partial charge is 0.311 e. The van der Waals surface area contributed by atoms with Crippen molar-refractivity contribution in [3.8, 4) is 0 Å². The molecule has 0 bridgehead atoms. The molecule has 0 aromatic rings. The zero-order valence-electron chi connectivity index (χ0n) is 10.0. The van der Waals surface area contributed by atoms with Crippen molar-refractivity contribution in [3.05, 3.63) is 0 Å². The van der Waals surface area contributed by atoms with Crippen LogP contribution < -0.4 is 11.1 Å². The number of amides is 1. The Morgan fingerprint density at radius 1 is 1.53 bits per heavy atom. The zero-order chi connectivity index (χ0) is 12.8. The number of nitrogens with two attached hydrogens (primary N) is 1. The van der Waals surface area contributed by atoms with E-state index in [0.717, 1.165) is 0 Å². The molecule has 17 heavy (non-hydrogen) atoms. The molecule has 6 nitrogen and oxygen atoms in total. The number of rotatable bonds is 6. The molecule has 3 atom stereocenters. The third-order valence-electron chi connectivity index (χ3n) is 3.01. The van der Waals surface area contributed by atoms with Crippen LogP contribution in [0.1, 0.15) is 19.8 Å². The number of hydrogen-bond donors (Lipinski definition) is 3. The summed E-state index contributed by atoms with van der Waals surface area (Å²) < 4.78 is 5.06. The van der Waals surface area contributed by atoms with Gasteiger partial charge in [-0.25, -0.2) is 0 Å².